The molecule has 1 saturated carbocycles. The lowest BCUT2D eigenvalue weighted by Crippen LogP contribution is -2.39. The van der Waals surface area contributed by atoms with Gasteiger partial charge >= 0.3 is 5.97 Å². The molecule has 1 unspecified atom stereocenters. The van der Waals surface area contributed by atoms with E-state index >= 15 is 0 Å². The highest BCUT2D eigenvalue weighted by atomic mass is 16.4. The number of carbonyl (C=O) groups excluding carboxylic acids is 1. The molecule has 0 spiro atoms. The third-order valence-electron chi connectivity index (χ3n) is 4.86. The first-order chi connectivity index (χ1) is 10.2. The fourth-order valence-electron chi connectivity index (χ4n) is 3.83. The highest BCUT2D eigenvalue weighted by Gasteiger charge is 2.36. The van der Waals surface area contributed by atoms with Crippen LogP contribution in [0, 0.1) is 5.92 Å². The minimum atomic E-state index is -0.988. The molecule has 4 nitrogen and oxygen atoms in total. The number of rotatable bonds is 3. The van der Waals surface area contributed by atoms with Crippen molar-refractivity contribution in [3.63, 3.8) is 0 Å². The Bertz CT molecular complexity index is 549. The zero-order valence-corrected chi connectivity index (χ0v) is 12.1. The van der Waals surface area contributed by atoms with Crippen molar-refractivity contribution in [3.8, 4) is 0 Å². The Hall–Kier alpha value is -1.84. The van der Waals surface area contributed by atoms with E-state index < -0.39 is 5.97 Å². The average molecular weight is 287 g/mol. The van der Waals surface area contributed by atoms with Crippen molar-refractivity contribution in [2.75, 3.05) is 6.54 Å². The fraction of sp³-hybridized carbons (Fsp3) is 0.529. The molecule has 3 rings (SSSR count). The Balaban J connectivity index is 1.80. The van der Waals surface area contributed by atoms with Crippen LogP contribution in [0.3, 0.4) is 0 Å². The summed E-state index contributed by atoms with van der Waals surface area (Å²) in [6, 6.07) is 6.75. The maximum atomic E-state index is 12.7. The molecule has 1 aromatic rings. The molecule has 1 aliphatic heterocycles. The summed E-state index contributed by atoms with van der Waals surface area (Å²) in [6.07, 6.45) is 7.16. The number of hydrogen-bond acceptors (Lipinski definition) is 2. The lowest BCUT2D eigenvalue weighted by Gasteiger charge is -2.29. The predicted octanol–water partition coefficient (Wildman–Crippen LogP) is 3.18. The van der Waals surface area contributed by atoms with Gasteiger partial charge in [-0.1, -0.05) is 18.9 Å². The average Bonchev–Trinajstić information content (AvgIpc) is 3.17. The van der Waals surface area contributed by atoms with Crippen LogP contribution in [0.25, 0.3) is 0 Å². The zero-order chi connectivity index (χ0) is 14.8. The van der Waals surface area contributed by atoms with Crippen LogP contribution in [-0.4, -0.2) is 34.5 Å². The topological polar surface area (TPSA) is 57.6 Å². The highest BCUT2D eigenvalue weighted by molar-refractivity contribution is 5.97. The second kappa shape index (κ2) is 5.88. The molecule has 1 saturated heterocycles. The first kappa shape index (κ1) is 14.1. The summed E-state index contributed by atoms with van der Waals surface area (Å²) in [4.78, 5) is 25.8. The summed E-state index contributed by atoms with van der Waals surface area (Å²) in [6.45, 7) is 0.803. The van der Waals surface area contributed by atoms with Crippen molar-refractivity contribution in [1.82, 2.24) is 4.90 Å². The van der Waals surface area contributed by atoms with Crippen molar-refractivity contribution >= 4 is 11.9 Å². The van der Waals surface area contributed by atoms with E-state index in [9.17, 15) is 9.59 Å². The van der Waals surface area contributed by atoms with E-state index in [0.29, 0.717) is 17.5 Å². The Morgan fingerprint density at radius 3 is 2.48 bits per heavy atom. The molecule has 1 amide bonds. The Morgan fingerprint density at radius 2 is 1.76 bits per heavy atom. The first-order valence-corrected chi connectivity index (χ1v) is 7.81. The van der Waals surface area contributed by atoms with Gasteiger partial charge in [-0.15, -0.1) is 0 Å². The molecule has 1 N–H and O–H groups in total. The van der Waals surface area contributed by atoms with Crippen molar-refractivity contribution in [2.24, 2.45) is 5.92 Å². The van der Waals surface area contributed by atoms with Gasteiger partial charge in [0.2, 0.25) is 0 Å². The van der Waals surface area contributed by atoms with Gasteiger partial charge in [-0.2, -0.15) is 0 Å². The number of carbonyl (C=O) groups is 2. The smallest absolute Gasteiger partial charge is 0.335 e. The van der Waals surface area contributed by atoms with Crippen LogP contribution in [0.1, 0.15) is 59.2 Å². The number of nitrogens with zero attached hydrogens (tertiary/aromatic N) is 1. The SMILES string of the molecule is O=C(O)c1cccc(C(=O)N2CCCC2C2CCCC2)c1. The zero-order valence-electron chi connectivity index (χ0n) is 12.1. The molecular weight excluding hydrogens is 266 g/mol. The monoisotopic (exact) mass is 287 g/mol. The molecule has 1 atom stereocenters. The molecule has 4 heteroatoms. The third kappa shape index (κ3) is 2.80. The quantitative estimate of drug-likeness (QED) is 0.929. The van der Waals surface area contributed by atoms with Gasteiger partial charge in [-0.3, -0.25) is 4.79 Å². The number of benzene rings is 1. The Labute approximate surface area is 124 Å². The summed E-state index contributed by atoms with van der Waals surface area (Å²) in [5.74, 6) is -0.356. The van der Waals surface area contributed by atoms with Crippen LogP contribution in [-0.2, 0) is 0 Å². The third-order valence-corrected chi connectivity index (χ3v) is 4.86. The second-order valence-corrected chi connectivity index (χ2v) is 6.14. The van der Waals surface area contributed by atoms with Crippen molar-refractivity contribution in [1.29, 1.82) is 0 Å². The number of likely N-dealkylation sites (tertiary alicyclic amines) is 1. The predicted molar refractivity (Wildman–Crippen MR) is 79.4 cm³/mol. The van der Waals surface area contributed by atoms with Gasteiger partial charge in [-0.25, -0.2) is 4.79 Å². The van der Waals surface area contributed by atoms with Gasteiger partial charge in [0.05, 0.1) is 5.56 Å². The maximum absolute atomic E-state index is 12.7. The number of carboxylic acids is 1. The summed E-state index contributed by atoms with van der Waals surface area (Å²) in [5.41, 5.74) is 0.678. The van der Waals surface area contributed by atoms with Gasteiger partial charge < -0.3 is 10.0 Å². The molecule has 1 aromatic carbocycles. The number of amides is 1. The van der Waals surface area contributed by atoms with Crippen molar-refractivity contribution < 1.29 is 14.7 Å². The lowest BCUT2D eigenvalue weighted by atomic mass is 9.95. The van der Waals surface area contributed by atoms with Gasteiger partial charge in [0.25, 0.3) is 5.91 Å². The number of hydrogen-bond donors (Lipinski definition) is 1. The number of aromatic carboxylic acids is 1. The van der Waals surface area contributed by atoms with Crippen LogP contribution in [0.4, 0.5) is 0 Å². The largest absolute Gasteiger partial charge is 0.478 e. The fourth-order valence-corrected chi connectivity index (χ4v) is 3.83. The van der Waals surface area contributed by atoms with E-state index in [2.05, 4.69) is 0 Å². The summed E-state index contributed by atoms with van der Waals surface area (Å²) in [7, 11) is 0. The van der Waals surface area contributed by atoms with Crippen LogP contribution < -0.4 is 0 Å². The molecule has 0 radical (unpaired) electrons. The maximum Gasteiger partial charge on any atom is 0.335 e. The summed E-state index contributed by atoms with van der Waals surface area (Å²) >= 11 is 0. The van der Waals surface area contributed by atoms with E-state index in [-0.39, 0.29) is 11.5 Å². The molecule has 112 valence electrons. The van der Waals surface area contributed by atoms with Crippen molar-refractivity contribution in [3.05, 3.63) is 35.4 Å². The minimum Gasteiger partial charge on any atom is -0.478 e. The standard InChI is InChI=1S/C17H21NO3/c19-16(13-7-3-8-14(11-13)17(20)21)18-10-4-9-15(18)12-5-1-2-6-12/h3,7-8,11-12,15H,1-2,4-6,9-10H2,(H,20,21). The molecule has 2 fully saturated rings. The van der Waals surface area contributed by atoms with Gasteiger partial charge in [0.1, 0.15) is 0 Å². The molecular formula is C17H21NO3. The van der Waals surface area contributed by atoms with Crippen LogP contribution in [0.5, 0.6) is 0 Å². The molecule has 21 heavy (non-hydrogen) atoms. The number of carboxylic acid groups (broad SMARTS) is 1. The van der Waals surface area contributed by atoms with Crippen LogP contribution in [0.2, 0.25) is 0 Å². The van der Waals surface area contributed by atoms with E-state index in [1.165, 1.54) is 37.8 Å². The normalized spacial score (nSPS) is 22.7. The molecule has 1 heterocycles. The van der Waals surface area contributed by atoms with E-state index in [0.717, 1.165) is 19.4 Å². The van der Waals surface area contributed by atoms with E-state index in [1.807, 2.05) is 4.90 Å². The van der Waals surface area contributed by atoms with Gasteiger partial charge in [0.15, 0.2) is 0 Å². The lowest BCUT2D eigenvalue weighted by molar-refractivity contribution is 0.0689. The summed E-state index contributed by atoms with van der Waals surface area (Å²) in [5, 5.41) is 9.06. The van der Waals surface area contributed by atoms with Crippen LogP contribution in [0.15, 0.2) is 24.3 Å². The molecule has 2 aliphatic rings. The van der Waals surface area contributed by atoms with Gasteiger partial charge in [-0.05, 0) is 49.8 Å². The van der Waals surface area contributed by atoms with Gasteiger partial charge in [0, 0.05) is 18.2 Å². The minimum absolute atomic E-state index is 0.00694. The molecule has 0 bridgehead atoms. The highest BCUT2D eigenvalue weighted by Crippen LogP contribution is 2.36. The Kier molecular flexibility index (Phi) is 3.95. The van der Waals surface area contributed by atoms with Crippen LogP contribution >= 0.6 is 0 Å². The van der Waals surface area contributed by atoms with E-state index in [4.69, 9.17) is 5.11 Å². The molecule has 0 aromatic heterocycles. The first-order valence-electron chi connectivity index (χ1n) is 7.81. The van der Waals surface area contributed by atoms with Crippen molar-refractivity contribution in [2.45, 2.75) is 44.6 Å². The summed E-state index contributed by atoms with van der Waals surface area (Å²) < 4.78 is 0. The molecule has 1 aliphatic carbocycles. The Morgan fingerprint density at radius 1 is 1.05 bits per heavy atom. The second-order valence-electron chi connectivity index (χ2n) is 6.14. The van der Waals surface area contributed by atoms with E-state index in [1.54, 1.807) is 12.1 Å².